The predicted octanol–water partition coefficient (Wildman–Crippen LogP) is 4.92. The number of carboxylic acid groups (broad SMARTS) is 1. The monoisotopic (exact) mass is 370 g/mol. The second-order valence-corrected chi connectivity index (χ2v) is 5.64. The number of hydrogen-bond acceptors (Lipinski definition) is 3. The van der Waals surface area contributed by atoms with Gasteiger partial charge in [0.25, 0.3) is 0 Å². The first kappa shape index (κ1) is 17.2. The summed E-state index contributed by atoms with van der Waals surface area (Å²) in [4.78, 5) is 11.1. The maximum absolute atomic E-state index is 13.0. The number of benzene rings is 2. The lowest BCUT2D eigenvalue weighted by molar-refractivity contribution is -0.187. The van der Waals surface area contributed by atoms with Crippen LogP contribution in [0.1, 0.15) is 5.56 Å². The molecule has 25 heavy (non-hydrogen) atoms. The third-order valence-electron chi connectivity index (χ3n) is 3.41. The van der Waals surface area contributed by atoms with Gasteiger partial charge >= 0.3 is 12.1 Å². The molecule has 3 rings (SSSR count). The molecule has 0 spiro atoms. The standard InChI is InChI=1S/C17H10ClF3O4/c18-10-1-3-11(4-2-10)24-12-5-6-14-9(7-12)8-13(16(22)23)15(25-14)17(19,20)21/h1-8,15H,(H,22,23). The van der Waals surface area contributed by atoms with Crippen LogP contribution in [0.2, 0.25) is 5.02 Å². The Morgan fingerprint density at radius 3 is 2.36 bits per heavy atom. The number of ether oxygens (including phenoxy) is 2. The van der Waals surface area contributed by atoms with Crippen molar-refractivity contribution in [1.82, 2.24) is 0 Å². The third-order valence-corrected chi connectivity index (χ3v) is 3.67. The van der Waals surface area contributed by atoms with Crippen LogP contribution in [0.5, 0.6) is 17.2 Å². The van der Waals surface area contributed by atoms with E-state index in [1.54, 1.807) is 24.3 Å². The van der Waals surface area contributed by atoms with Crippen LogP contribution in [-0.2, 0) is 4.79 Å². The summed E-state index contributed by atoms with van der Waals surface area (Å²) in [5.74, 6) is -0.986. The first-order chi connectivity index (χ1) is 11.7. The quantitative estimate of drug-likeness (QED) is 0.833. The van der Waals surface area contributed by atoms with Crippen molar-refractivity contribution in [3.8, 4) is 17.2 Å². The molecule has 0 saturated heterocycles. The lowest BCUT2D eigenvalue weighted by atomic mass is 10.0. The molecule has 1 heterocycles. The van der Waals surface area contributed by atoms with E-state index in [4.69, 9.17) is 26.2 Å². The summed E-state index contributed by atoms with van der Waals surface area (Å²) in [6.45, 7) is 0. The molecule has 8 heteroatoms. The fraction of sp³-hybridized carbons (Fsp3) is 0.118. The van der Waals surface area contributed by atoms with E-state index in [0.29, 0.717) is 16.5 Å². The second kappa shape index (κ2) is 6.33. The van der Waals surface area contributed by atoms with Crippen molar-refractivity contribution in [2.45, 2.75) is 12.3 Å². The predicted molar refractivity (Wildman–Crippen MR) is 84.1 cm³/mol. The average molecular weight is 371 g/mol. The molecule has 0 radical (unpaired) electrons. The van der Waals surface area contributed by atoms with Gasteiger partial charge in [0, 0.05) is 10.6 Å². The number of rotatable bonds is 3. The van der Waals surface area contributed by atoms with Crippen molar-refractivity contribution in [3.05, 3.63) is 58.6 Å². The zero-order valence-electron chi connectivity index (χ0n) is 12.4. The Bertz CT molecular complexity index is 844. The van der Waals surface area contributed by atoms with Crippen molar-refractivity contribution in [2.24, 2.45) is 0 Å². The molecule has 1 unspecified atom stereocenters. The van der Waals surface area contributed by atoms with Crippen LogP contribution in [0.4, 0.5) is 13.2 Å². The van der Waals surface area contributed by atoms with Crippen LogP contribution < -0.4 is 9.47 Å². The highest BCUT2D eigenvalue weighted by Crippen LogP contribution is 2.39. The number of fused-ring (bicyclic) bond motifs is 1. The lowest BCUT2D eigenvalue weighted by Crippen LogP contribution is -2.40. The number of hydrogen-bond donors (Lipinski definition) is 1. The van der Waals surface area contributed by atoms with Gasteiger partial charge in [0.15, 0.2) is 0 Å². The van der Waals surface area contributed by atoms with E-state index in [1.807, 2.05) is 0 Å². The van der Waals surface area contributed by atoms with E-state index < -0.39 is 23.8 Å². The molecule has 2 aromatic carbocycles. The van der Waals surface area contributed by atoms with Gasteiger partial charge in [-0.2, -0.15) is 13.2 Å². The zero-order chi connectivity index (χ0) is 18.2. The minimum absolute atomic E-state index is 0.0734. The van der Waals surface area contributed by atoms with Gasteiger partial charge in [0.2, 0.25) is 6.10 Å². The summed E-state index contributed by atoms with van der Waals surface area (Å²) in [6, 6.07) is 10.6. The fourth-order valence-corrected chi connectivity index (χ4v) is 2.43. The van der Waals surface area contributed by atoms with E-state index in [0.717, 1.165) is 6.08 Å². The Hall–Kier alpha value is -2.67. The van der Waals surface area contributed by atoms with Gasteiger partial charge in [-0.05, 0) is 48.5 Å². The van der Waals surface area contributed by atoms with E-state index >= 15 is 0 Å². The van der Waals surface area contributed by atoms with Crippen LogP contribution in [0, 0.1) is 0 Å². The number of carbonyl (C=O) groups is 1. The van der Waals surface area contributed by atoms with Gasteiger partial charge in [0.1, 0.15) is 17.2 Å². The van der Waals surface area contributed by atoms with Crippen molar-refractivity contribution in [1.29, 1.82) is 0 Å². The summed E-state index contributed by atoms with van der Waals surface area (Å²) in [6.07, 6.45) is -6.41. The van der Waals surface area contributed by atoms with Gasteiger partial charge in [-0.25, -0.2) is 4.79 Å². The molecule has 2 aromatic rings. The van der Waals surface area contributed by atoms with Crippen molar-refractivity contribution in [2.75, 3.05) is 0 Å². The maximum Gasteiger partial charge on any atom is 0.430 e. The molecule has 1 atom stereocenters. The number of alkyl halides is 3. The topological polar surface area (TPSA) is 55.8 Å². The van der Waals surface area contributed by atoms with Crippen molar-refractivity contribution in [3.63, 3.8) is 0 Å². The maximum atomic E-state index is 13.0. The first-order valence-electron chi connectivity index (χ1n) is 7.00. The summed E-state index contributed by atoms with van der Waals surface area (Å²) >= 11 is 5.78. The highest BCUT2D eigenvalue weighted by Gasteiger charge is 2.48. The lowest BCUT2D eigenvalue weighted by Gasteiger charge is -2.27. The minimum Gasteiger partial charge on any atom is -0.478 e. The van der Waals surface area contributed by atoms with E-state index in [9.17, 15) is 18.0 Å². The molecule has 0 fully saturated rings. The molecule has 130 valence electrons. The Labute approximate surface area is 145 Å². The third kappa shape index (κ3) is 3.71. The van der Waals surface area contributed by atoms with Gasteiger partial charge in [-0.15, -0.1) is 0 Å². The Morgan fingerprint density at radius 1 is 1.12 bits per heavy atom. The number of halogens is 4. The molecular formula is C17H10ClF3O4. The summed E-state index contributed by atoms with van der Waals surface area (Å²) in [5.41, 5.74) is -0.701. The molecule has 0 bridgehead atoms. The molecule has 0 aliphatic carbocycles. The van der Waals surface area contributed by atoms with Crippen molar-refractivity contribution >= 4 is 23.6 Å². The van der Waals surface area contributed by atoms with Gasteiger partial charge in [-0.1, -0.05) is 11.6 Å². The van der Waals surface area contributed by atoms with E-state index in [-0.39, 0.29) is 11.3 Å². The molecule has 0 saturated carbocycles. The molecule has 1 N–H and O–H groups in total. The highest BCUT2D eigenvalue weighted by molar-refractivity contribution is 6.30. The molecule has 0 aromatic heterocycles. The van der Waals surface area contributed by atoms with Gasteiger partial charge < -0.3 is 14.6 Å². The Balaban J connectivity index is 1.93. The first-order valence-corrected chi connectivity index (χ1v) is 7.37. The molecule has 1 aliphatic rings. The largest absolute Gasteiger partial charge is 0.478 e. The summed E-state index contributed by atoms with van der Waals surface area (Å²) < 4.78 is 49.4. The average Bonchev–Trinajstić information content (AvgIpc) is 2.55. The van der Waals surface area contributed by atoms with Crippen LogP contribution in [-0.4, -0.2) is 23.4 Å². The second-order valence-electron chi connectivity index (χ2n) is 5.20. The Kier molecular flexibility index (Phi) is 4.34. The van der Waals surface area contributed by atoms with Crippen LogP contribution in [0.25, 0.3) is 6.08 Å². The molecule has 1 aliphatic heterocycles. The number of carboxylic acids is 1. The van der Waals surface area contributed by atoms with Crippen LogP contribution in [0.15, 0.2) is 48.0 Å². The summed E-state index contributed by atoms with van der Waals surface area (Å²) in [5, 5.41) is 9.56. The minimum atomic E-state index is -4.83. The SMILES string of the molecule is O=C(O)C1=Cc2cc(Oc3ccc(Cl)cc3)ccc2OC1C(F)(F)F. The van der Waals surface area contributed by atoms with Gasteiger partial charge in [0.05, 0.1) is 5.57 Å². The van der Waals surface area contributed by atoms with Gasteiger partial charge in [-0.3, -0.25) is 0 Å². The number of aliphatic carboxylic acids is 1. The zero-order valence-corrected chi connectivity index (χ0v) is 13.1. The smallest absolute Gasteiger partial charge is 0.430 e. The van der Waals surface area contributed by atoms with Crippen molar-refractivity contribution < 1.29 is 32.5 Å². The van der Waals surface area contributed by atoms with E-state index in [2.05, 4.69) is 0 Å². The molecule has 0 amide bonds. The highest BCUT2D eigenvalue weighted by atomic mass is 35.5. The fourth-order valence-electron chi connectivity index (χ4n) is 2.30. The van der Waals surface area contributed by atoms with Crippen LogP contribution in [0.3, 0.4) is 0 Å². The van der Waals surface area contributed by atoms with Crippen LogP contribution >= 0.6 is 11.6 Å². The Morgan fingerprint density at radius 2 is 1.76 bits per heavy atom. The molecular weight excluding hydrogens is 361 g/mol. The molecule has 4 nitrogen and oxygen atoms in total. The normalized spacial score (nSPS) is 16.5. The van der Waals surface area contributed by atoms with E-state index in [1.165, 1.54) is 18.2 Å². The summed E-state index contributed by atoms with van der Waals surface area (Å²) in [7, 11) is 0.